The average molecular weight is 360 g/mol. The lowest BCUT2D eigenvalue weighted by Gasteiger charge is -2.14. The highest BCUT2D eigenvalue weighted by Crippen LogP contribution is 2.32. The molecule has 86 valence electrons. The van der Waals surface area contributed by atoms with Gasteiger partial charge in [0.05, 0.1) is 5.69 Å². The summed E-state index contributed by atoms with van der Waals surface area (Å²) in [7, 11) is 0. The number of hydrogen-bond acceptors (Lipinski definition) is 3. The third kappa shape index (κ3) is 3.92. The summed E-state index contributed by atoms with van der Waals surface area (Å²) in [5, 5.41) is 8.78. The van der Waals surface area contributed by atoms with Crippen molar-refractivity contribution in [2.75, 3.05) is 12.3 Å². The molecule has 0 aliphatic heterocycles. The number of anilines is 1. The van der Waals surface area contributed by atoms with Crippen molar-refractivity contribution in [3.63, 3.8) is 0 Å². The second kappa shape index (κ2) is 6.70. The Morgan fingerprint density at radius 2 is 1.93 bits per heavy atom. The van der Waals surface area contributed by atoms with Crippen molar-refractivity contribution < 1.29 is 5.11 Å². The molecule has 15 heavy (non-hydrogen) atoms. The molecule has 0 saturated heterocycles. The normalized spacial score (nSPS) is 12.0. The van der Waals surface area contributed by atoms with Gasteiger partial charge in [-0.1, -0.05) is 15.9 Å². The number of nitrogen functional groups attached to an aromatic ring is 1. The number of hydrogen-bond donors (Lipinski definition) is 3. The molecule has 1 atom stereocenters. The topological polar surface area (TPSA) is 72.3 Å². The van der Waals surface area contributed by atoms with Crippen LogP contribution in [-0.4, -0.2) is 11.7 Å². The zero-order chi connectivity index (χ0) is 10.7. The molecular weight excluding hydrogens is 347 g/mol. The fourth-order valence-electron chi connectivity index (χ4n) is 1.21. The maximum Gasteiger partial charge on any atom is 0.0507 e. The Balaban J connectivity index is 0.00000196. The van der Waals surface area contributed by atoms with E-state index in [1.807, 2.05) is 12.1 Å². The minimum Gasteiger partial charge on any atom is -0.398 e. The van der Waals surface area contributed by atoms with Gasteiger partial charge in [0.15, 0.2) is 0 Å². The maximum absolute atomic E-state index is 8.78. The molecule has 0 aliphatic rings. The van der Waals surface area contributed by atoms with Crippen molar-refractivity contribution >= 4 is 50.0 Å². The number of aliphatic hydroxyl groups is 1. The van der Waals surface area contributed by atoms with Crippen LogP contribution in [0.5, 0.6) is 0 Å². The van der Waals surface area contributed by atoms with E-state index >= 15 is 0 Å². The van der Waals surface area contributed by atoms with Crippen molar-refractivity contribution in [2.45, 2.75) is 12.5 Å². The zero-order valence-corrected chi connectivity index (χ0v) is 11.9. The molecule has 0 aliphatic carbocycles. The van der Waals surface area contributed by atoms with Crippen LogP contribution in [0.25, 0.3) is 0 Å². The van der Waals surface area contributed by atoms with Crippen LogP contribution in [0.15, 0.2) is 21.1 Å². The van der Waals surface area contributed by atoms with Crippen molar-refractivity contribution in [3.8, 4) is 0 Å². The number of halogens is 3. The molecule has 1 unspecified atom stereocenters. The van der Waals surface area contributed by atoms with Crippen molar-refractivity contribution in [3.05, 3.63) is 26.6 Å². The van der Waals surface area contributed by atoms with Crippen LogP contribution >= 0.6 is 44.3 Å². The van der Waals surface area contributed by atoms with Crippen LogP contribution in [-0.2, 0) is 0 Å². The highest BCUT2D eigenvalue weighted by atomic mass is 79.9. The van der Waals surface area contributed by atoms with Gasteiger partial charge in [-0.3, -0.25) is 0 Å². The lowest BCUT2D eigenvalue weighted by Crippen LogP contribution is -2.14. The summed E-state index contributed by atoms with van der Waals surface area (Å²) in [5.74, 6) is 0. The first-order valence-electron chi connectivity index (χ1n) is 4.17. The van der Waals surface area contributed by atoms with Gasteiger partial charge in [-0.05, 0) is 40.0 Å². The summed E-state index contributed by atoms with van der Waals surface area (Å²) < 4.78 is 1.73. The van der Waals surface area contributed by atoms with Gasteiger partial charge in [-0.2, -0.15) is 0 Å². The van der Waals surface area contributed by atoms with Crippen molar-refractivity contribution in [1.29, 1.82) is 0 Å². The van der Waals surface area contributed by atoms with E-state index in [0.717, 1.165) is 14.5 Å². The van der Waals surface area contributed by atoms with Crippen molar-refractivity contribution in [1.82, 2.24) is 0 Å². The highest BCUT2D eigenvalue weighted by molar-refractivity contribution is 9.11. The first kappa shape index (κ1) is 15.2. The van der Waals surface area contributed by atoms with Crippen LogP contribution in [0.2, 0.25) is 0 Å². The SMILES string of the molecule is Cl.Nc1c(Br)cc(Br)cc1C(N)CCO. The van der Waals surface area contributed by atoms with Gasteiger partial charge >= 0.3 is 0 Å². The third-order valence-electron chi connectivity index (χ3n) is 1.97. The van der Waals surface area contributed by atoms with Gasteiger partial charge < -0.3 is 16.6 Å². The standard InChI is InChI=1S/C9H12Br2N2O.ClH/c10-5-3-6(8(12)1-2-14)9(13)7(11)4-5;/h3-4,8,14H,1-2,12-13H2;1H. The molecule has 0 bridgehead atoms. The third-order valence-corrected chi connectivity index (χ3v) is 3.08. The quantitative estimate of drug-likeness (QED) is 0.726. The Kier molecular flexibility index (Phi) is 6.79. The van der Waals surface area contributed by atoms with Crippen molar-refractivity contribution in [2.24, 2.45) is 5.73 Å². The van der Waals surface area contributed by atoms with Gasteiger partial charge in [0, 0.05) is 21.6 Å². The smallest absolute Gasteiger partial charge is 0.0507 e. The van der Waals surface area contributed by atoms with Crippen LogP contribution in [0.4, 0.5) is 5.69 Å². The number of rotatable bonds is 3. The Labute approximate surface area is 112 Å². The molecule has 1 rings (SSSR count). The predicted octanol–water partition coefficient (Wildman–Crippen LogP) is 2.60. The summed E-state index contributed by atoms with van der Waals surface area (Å²) in [5.41, 5.74) is 13.2. The maximum atomic E-state index is 8.78. The van der Waals surface area contributed by atoms with Crippen LogP contribution in [0, 0.1) is 0 Å². The molecule has 0 spiro atoms. The van der Waals surface area contributed by atoms with Crippen LogP contribution in [0.3, 0.4) is 0 Å². The Morgan fingerprint density at radius 3 is 2.47 bits per heavy atom. The molecule has 0 aromatic heterocycles. The van der Waals surface area contributed by atoms with Gasteiger partial charge in [-0.15, -0.1) is 12.4 Å². The predicted molar refractivity (Wildman–Crippen MR) is 72.1 cm³/mol. The fourth-order valence-corrected chi connectivity index (χ4v) is 2.46. The Hall–Kier alpha value is 0.190. The van der Waals surface area contributed by atoms with E-state index in [9.17, 15) is 0 Å². The fraction of sp³-hybridized carbons (Fsp3) is 0.333. The summed E-state index contributed by atoms with van der Waals surface area (Å²) in [6.07, 6.45) is 0.507. The number of benzene rings is 1. The largest absolute Gasteiger partial charge is 0.398 e. The minimum absolute atomic E-state index is 0. The lowest BCUT2D eigenvalue weighted by molar-refractivity contribution is 0.276. The van der Waals surface area contributed by atoms with Crippen LogP contribution < -0.4 is 11.5 Å². The molecule has 5 N–H and O–H groups in total. The average Bonchev–Trinajstić information content (AvgIpc) is 2.11. The molecule has 0 radical (unpaired) electrons. The van der Waals surface area contributed by atoms with E-state index in [1.165, 1.54) is 0 Å². The van der Waals surface area contributed by atoms with Gasteiger partial charge in [0.2, 0.25) is 0 Å². The van der Waals surface area contributed by atoms with E-state index in [-0.39, 0.29) is 25.1 Å². The summed E-state index contributed by atoms with van der Waals surface area (Å²) in [4.78, 5) is 0. The first-order chi connectivity index (χ1) is 6.56. The lowest BCUT2D eigenvalue weighted by atomic mass is 10.0. The van der Waals surface area contributed by atoms with Gasteiger partial charge in [0.1, 0.15) is 0 Å². The second-order valence-corrected chi connectivity index (χ2v) is 4.78. The van der Waals surface area contributed by atoms with Gasteiger partial charge in [-0.25, -0.2) is 0 Å². The molecule has 0 heterocycles. The highest BCUT2D eigenvalue weighted by Gasteiger charge is 2.12. The molecule has 0 amide bonds. The molecule has 0 saturated carbocycles. The second-order valence-electron chi connectivity index (χ2n) is 3.01. The molecule has 6 heteroatoms. The van der Waals surface area contributed by atoms with E-state index in [2.05, 4.69) is 31.9 Å². The van der Waals surface area contributed by atoms with E-state index in [0.29, 0.717) is 12.1 Å². The van der Waals surface area contributed by atoms with Gasteiger partial charge in [0.25, 0.3) is 0 Å². The zero-order valence-electron chi connectivity index (χ0n) is 7.91. The van der Waals surface area contributed by atoms with E-state index < -0.39 is 0 Å². The summed E-state index contributed by atoms with van der Waals surface area (Å²) in [6, 6.07) is 3.51. The molecule has 0 fully saturated rings. The number of aliphatic hydroxyl groups excluding tert-OH is 1. The Bertz CT molecular complexity index is 336. The van der Waals surface area contributed by atoms with Crippen LogP contribution in [0.1, 0.15) is 18.0 Å². The number of nitrogens with two attached hydrogens (primary N) is 2. The Morgan fingerprint density at radius 1 is 1.33 bits per heavy atom. The first-order valence-corrected chi connectivity index (χ1v) is 5.75. The summed E-state index contributed by atoms with van der Waals surface area (Å²) >= 11 is 6.71. The molecule has 1 aromatic carbocycles. The summed E-state index contributed by atoms with van der Waals surface area (Å²) in [6.45, 7) is 0.0603. The van der Waals surface area contributed by atoms with E-state index in [4.69, 9.17) is 16.6 Å². The van der Waals surface area contributed by atoms with E-state index in [1.54, 1.807) is 0 Å². The molecule has 1 aromatic rings. The monoisotopic (exact) mass is 358 g/mol. The molecule has 3 nitrogen and oxygen atoms in total. The molecular formula is C9H13Br2ClN2O. The minimum atomic E-state index is -0.228.